The largest absolute Gasteiger partial charge is 0.494 e. The molecule has 10 heteroatoms. The highest BCUT2D eigenvalue weighted by Crippen LogP contribution is 2.41. The van der Waals surface area contributed by atoms with Crippen LogP contribution in [0.2, 0.25) is 0 Å². The highest BCUT2D eigenvalue weighted by atomic mass is 16.5. The molecule has 3 N–H and O–H groups in total. The number of nitrogens with one attached hydrogen (secondary N) is 1. The third kappa shape index (κ3) is 4.70. The summed E-state index contributed by atoms with van der Waals surface area (Å²) in [5.74, 6) is 2.49. The Morgan fingerprint density at radius 2 is 1.76 bits per heavy atom. The number of anilines is 1. The van der Waals surface area contributed by atoms with Gasteiger partial charge >= 0.3 is 6.09 Å². The minimum atomic E-state index is -0.495. The van der Waals surface area contributed by atoms with Crippen LogP contribution in [0.3, 0.4) is 0 Å². The monoisotopic (exact) mass is 618 g/mol. The van der Waals surface area contributed by atoms with Crippen molar-refractivity contribution in [3.8, 4) is 28.4 Å². The number of amides is 2. The van der Waals surface area contributed by atoms with E-state index in [1.165, 1.54) is 20.0 Å². The Hall–Kier alpha value is -4.83. The van der Waals surface area contributed by atoms with Gasteiger partial charge in [-0.1, -0.05) is 24.3 Å². The Bertz CT molecular complexity index is 2010. The van der Waals surface area contributed by atoms with E-state index in [2.05, 4.69) is 38.7 Å². The van der Waals surface area contributed by atoms with Crippen molar-refractivity contribution in [3.63, 3.8) is 0 Å². The van der Waals surface area contributed by atoms with Crippen molar-refractivity contribution in [3.05, 3.63) is 66.2 Å². The molecule has 0 spiro atoms. The number of imidazole rings is 1. The van der Waals surface area contributed by atoms with Gasteiger partial charge in [0.05, 0.1) is 25.4 Å². The number of carbonyl (C=O) groups excluding carboxylic acids is 2. The fourth-order valence-corrected chi connectivity index (χ4v) is 7.56. The third-order valence-corrected chi connectivity index (χ3v) is 10.2. The van der Waals surface area contributed by atoms with Crippen molar-refractivity contribution in [1.29, 1.82) is 0 Å². The molecule has 8 rings (SSSR count). The number of methoxy groups -OCH3 is 2. The van der Waals surface area contributed by atoms with Gasteiger partial charge in [0, 0.05) is 54.4 Å². The Morgan fingerprint density at radius 3 is 2.43 bits per heavy atom. The summed E-state index contributed by atoms with van der Waals surface area (Å²) in [7, 11) is 5.01. The van der Waals surface area contributed by atoms with Gasteiger partial charge in [0.25, 0.3) is 5.91 Å². The van der Waals surface area contributed by atoms with Crippen LogP contribution in [-0.2, 0) is 18.3 Å². The van der Waals surface area contributed by atoms with Crippen molar-refractivity contribution in [2.75, 3.05) is 26.1 Å². The number of aryl methyl sites for hydroxylation is 1. The molecule has 1 saturated heterocycles. The first kappa shape index (κ1) is 28.6. The molecule has 5 aromatic rings. The molecule has 10 nitrogen and oxygen atoms in total. The van der Waals surface area contributed by atoms with Gasteiger partial charge in [-0.05, 0) is 85.0 Å². The fraction of sp³-hybridized carbons (Fsp3) is 0.361. The van der Waals surface area contributed by atoms with E-state index in [9.17, 15) is 9.59 Å². The maximum atomic E-state index is 13.7. The normalized spacial score (nSPS) is 20.5. The number of piperidine rings is 1. The van der Waals surface area contributed by atoms with Crippen molar-refractivity contribution in [1.82, 2.24) is 19.0 Å². The predicted molar refractivity (Wildman–Crippen MR) is 178 cm³/mol. The summed E-state index contributed by atoms with van der Waals surface area (Å²) >= 11 is 0. The van der Waals surface area contributed by atoms with Crippen LogP contribution >= 0.6 is 0 Å². The van der Waals surface area contributed by atoms with Crippen LogP contribution in [0.15, 0.2) is 60.7 Å². The summed E-state index contributed by atoms with van der Waals surface area (Å²) < 4.78 is 15.1. The second-order valence-corrected chi connectivity index (χ2v) is 13.0. The van der Waals surface area contributed by atoms with Crippen LogP contribution < -0.4 is 15.8 Å². The zero-order valence-corrected chi connectivity index (χ0v) is 26.3. The van der Waals surface area contributed by atoms with Gasteiger partial charge in [-0.25, -0.2) is 9.78 Å². The van der Waals surface area contributed by atoms with E-state index < -0.39 is 6.09 Å². The number of hydrogen-bond donors (Lipinski definition) is 2. The molecular formula is C36H38N6O4. The molecule has 2 bridgehead atoms. The maximum absolute atomic E-state index is 13.7. The van der Waals surface area contributed by atoms with E-state index in [1.54, 1.807) is 7.11 Å². The van der Waals surface area contributed by atoms with Crippen LogP contribution in [0.5, 0.6) is 5.75 Å². The van der Waals surface area contributed by atoms with E-state index in [4.69, 9.17) is 20.2 Å². The lowest BCUT2D eigenvalue weighted by Crippen LogP contribution is -2.41. The molecule has 2 amide bonds. The first-order valence-electron chi connectivity index (χ1n) is 16.0. The van der Waals surface area contributed by atoms with Crippen molar-refractivity contribution >= 4 is 39.6 Å². The molecule has 2 aliphatic carbocycles. The van der Waals surface area contributed by atoms with E-state index >= 15 is 0 Å². The lowest BCUT2D eigenvalue weighted by atomic mass is 10.0. The average Bonchev–Trinajstić information content (AvgIpc) is 3.48. The van der Waals surface area contributed by atoms with Crippen LogP contribution in [0.4, 0.5) is 10.5 Å². The second kappa shape index (κ2) is 10.9. The number of rotatable bonds is 7. The highest BCUT2D eigenvalue weighted by Gasteiger charge is 2.47. The summed E-state index contributed by atoms with van der Waals surface area (Å²) in [6.45, 7) is 1.63. The first-order valence-corrected chi connectivity index (χ1v) is 16.0. The highest BCUT2D eigenvalue weighted by molar-refractivity contribution is 6.01. The zero-order valence-electron chi connectivity index (χ0n) is 26.3. The molecule has 0 radical (unpaired) electrons. The number of likely N-dealkylation sites (tertiary alicyclic amines) is 1. The second-order valence-electron chi connectivity index (χ2n) is 13.0. The molecule has 2 aromatic heterocycles. The first-order chi connectivity index (χ1) is 22.3. The number of benzene rings is 3. The van der Waals surface area contributed by atoms with Gasteiger partial charge in [-0.3, -0.25) is 10.1 Å². The molecule has 2 saturated carbocycles. The number of fused-ring (bicyclic) bond motifs is 4. The van der Waals surface area contributed by atoms with Crippen LogP contribution in [-0.4, -0.2) is 63.9 Å². The zero-order chi connectivity index (χ0) is 31.7. The average molecular weight is 619 g/mol. The van der Waals surface area contributed by atoms with Gasteiger partial charge in [-0.15, -0.1) is 0 Å². The third-order valence-electron chi connectivity index (χ3n) is 10.2. The minimum Gasteiger partial charge on any atom is -0.494 e. The van der Waals surface area contributed by atoms with E-state index in [0.717, 1.165) is 70.5 Å². The number of ether oxygens (including phenoxy) is 2. The molecule has 3 fully saturated rings. The number of carbonyl (C=O) groups is 2. The number of hydrogen-bond acceptors (Lipinski definition) is 6. The summed E-state index contributed by atoms with van der Waals surface area (Å²) in [6.07, 6.45) is 4.01. The maximum Gasteiger partial charge on any atom is 0.411 e. The standard InChI is InChI=1S/C36H38N6O4/c1-40-33-27(14-25(17-31(33)45-2)35(43)42-19-24-10-13-28(42)32(24)37)39-34(40)30-16-23-7-6-22(15-29(23)41(30)18-20-4-5-20)21-8-11-26(12-9-21)38-36(44)46-3/h6-9,11-12,14-17,20,24,28,32H,4-5,10,13,18-19,37H2,1-3H3,(H,38,44)/t24?,28?,32-/m1/s1. The lowest BCUT2D eigenvalue weighted by molar-refractivity contribution is 0.0700. The quantitative estimate of drug-likeness (QED) is 0.230. The Balaban J connectivity index is 1.19. The smallest absolute Gasteiger partial charge is 0.411 e. The number of nitrogens with zero attached hydrogens (tertiary/aromatic N) is 4. The molecule has 3 heterocycles. The molecule has 3 atom stereocenters. The minimum absolute atomic E-state index is 0.000426. The molecule has 2 unspecified atom stereocenters. The Kier molecular flexibility index (Phi) is 6.79. The van der Waals surface area contributed by atoms with Gasteiger partial charge < -0.3 is 29.2 Å². The topological polar surface area (TPSA) is 117 Å². The molecule has 46 heavy (non-hydrogen) atoms. The fourth-order valence-electron chi connectivity index (χ4n) is 7.56. The SMILES string of the molecule is COC(=O)Nc1ccc(-c2ccc3cc(-c4nc5cc(C(=O)N6CC7CCC6[C@@H]7N)cc(OC)c5n4C)n(CC4CC4)c3c2)cc1. The van der Waals surface area contributed by atoms with Gasteiger partial charge in [0.1, 0.15) is 11.3 Å². The number of nitrogens with two attached hydrogens (primary N) is 1. The van der Waals surface area contributed by atoms with E-state index in [0.29, 0.717) is 28.8 Å². The molecule has 236 valence electrons. The van der Waals surface area contributed by atoms with Crippen LogP contribution in [0.1, 0.15) is 36.0 Å². The Morgan fingerprint density at radius 1 is 0.978 bits per heavy atom. The van der Waals surface area contributed by atoms with Gasteiger partial charge in [0.2, 0.25) is 0 Å². The Labute approximate surface area is 267 Å². The van der Waals surface area contributed by atoms with E-state index in [1.807, 2.05) is 48.3 Å². The van der Waals surface area contributed by atoms with Gasteiger partial charge in [0.15, 0.2) is 5.82 Å². The predicted octanol–water partition coefficient (Wildman–Crippen LogP) is 6.02. The van der Waals surface area contributed by atoms with Crippen LogP contribution in [0, 0.1) is 11.8 Å². The number of aromatic nitrogens is 3. The molecule has 3 aliphatic rings. The summed E-state index contributed by atoms with van der Waals surface area (Å²) in [6, 6.07) is 20.4. The van der Waals surface area contributed by atoms with Crippen molar-refractivity contribution in [2.45, 2.75) is 44.3 Å². The lowest BCUT2D eigenvalue weighted by Gasteiger charge is -2.27. The van der Waals surface area contributed by atoms with Crippen molar-refractivity contribution in [2.24, 2.45) is 24.6 Å². The van der Waals surface area contributed by atoms with Crippen molar-refractivity contribution < 1.29 is 19.1 Å². The van der Waals surface area contributed by atoms with E-state index in [-0.39, 0.29) is 18.0 Å². The summed E-state index contributed by atoms with van der Waals surface area (Å²) in [5.41, 5.74) is 13.6. The van der Waals surface area contributed by atoms with Crippen LogP contribution in [0.25, 0.3) is 44.6 Å². The van der Waals surface area contributed by atoms with Gasteiger partial charge in [-0.2, -0.15) is 0 Å². The summed E-state index contributed by atoms with van der Waals surface area (Å²) in [5, 5.41) is 3.84. The molecule has 3 aromatic carbocycles. The summed E-state index contributed by atoms with van der Waals surface area (Å²) in [4.78, 5) is 32.5. The molecule has 1 aliphatic heterocycles. The molecular weight excluding hydrogens is 580 g/mol.